The Balaban J connectivity index is 0.000000560. The summed E-state index contributed by atoms with van der Waals surface area (Å²) in [5.41, 5.74) is 2.48. The summed E-state index contributed by atoms with van der Waals surface area (Å²) in [6.07, 6.45) is 24.5. The van der Waals surface area contributed by atoms with Crippen LogP contribution < -0.4 is 10.4 Å². The van der Waals surface area contributed by atoms with Crippen molar-refractivity contribution in [3.8, 4) is 0 Å². The fraction of sp³-hybridized carbons (Fsp3) is 0.680. The molecule has 0 aliphatic rings. The van der Waals surface area contributed by atoms with Crippen molar-refractivity contribution in [3.63, 3.8) is 0 Å². The second-order valence-corrected chi connectivity index (χ2v) is 24.2. The Morgan fingerprint density at radius 2 is 0.679 bits per heavy atom. The molecule has 0 aliphatic carbocycles. The molecule has 2 aromatic rings. The Morgan fingerprint density at radius 3 is 0.946 bits per heavy atom. The van der Waals surface area contributed by atoms with Crippen molar-refractivity contribution in [3.05, 3.63) is 72.8 Å². The predicted octanol–water partition coefficient (Wildman–Crippen LogP) is 12.8. The zero-order chi connectivity index (χ0) is 41.7. The first-order chi connectivity index (χ1) is 27.2. The van der Waals surface area contributed by atoms with Crippen LogP contribution in [0.3, 0.4) is 0 Å². The summed E-state index contributed by atoms with van der Waals surface area (Å²) in [7, 11) is -3.90. The maximum atomic E-state index is 4.03. The lowest BCUT2D eigenvalue weighted by atomic mass is 10.2. The van der Waals surface area contributed by atoms with Crippen LogP contribution in [0.15, 0.2) is 61.7 Å². The van der Waals surface area contributed by atoms with Gasteiger partial charge in [-0.2, -0.15) is 0 Å². The SMILES string of the molecule is C=Cc1ccc([Si](C)(N(CCCC)CCCC)N(CCCC)CCCC)cc1.C=Cc1cccc([Si](C)(N(CCCC)CCCC)N(CCCC)CCCC)c1. The van der Waals surface area contributed by atoms with Crippen molar-refractivity contribution in [2.24, 2.45) is 0 Å². The molecule has 320 valence electrons. The minimum absolute atomic E-state index is 1.22. The van der Waals surface area contributed by atoms with Crippen molar-refractivity contribution in [2.45, 2.75) is 171 Å². The van der Waals surface area contributed by atoms with Gasteiger partial charge in [0.2, 0.25) is 16.8 Å². The third-order valence-electron chi connectivity index (χ3n) is 12.1. The lowest BCUT2D eigenvalue weighted by molar-refractivity contribution is 0.315. The monoisotopic (exact) mass is 805 g/mol. The molecule has 0 saturated heterocycles. The van der Waals surface area contributed by atoms with Gasteiger partial charge in [-0.05, 0) is 138 Å². The quantitative estimate of drug-likeness (QED) is 0.0683. The molecule has 0 amide bonds. The van der Waals surface area contributed by atoms with E-state index in [4.69, 9.17) is 0 Å². The molecule has 0 aliphatic heterocycles. The summed E-state index contributed by atoms with van der Waals surface area (Å²) in [6.45, 7) is 41.6. The first-order valence-corrected chi connectivity index (χ1v) is 28.4. The number of hydrogen-bond acceptors (Lipinski definition) is 4. The molecule has 0 aromatic heterocycles. The van der Waals surface area contributed by atoms with Gasteiger partial charge in [0.15, 0.2) is 0 Å². The van der Waals surface area contributed by atoms with Crippen LogP contribution in [-0.4, -0.2) is 87.4 Å². The summed E-state index contributed by atoms with van der Waals surface area (Å²) in [4.78, 5) is 0. The molecule has 0 radical (unpaired) electrons. The van der Waals surface area contributed by atoms with Gasteiger partial charge in [-0.1, -0.05) is 181 Å². The maximum absolute atomic E-state index is 4.03. The van der Waals surface area contributed by atoms with Gasteiger partial charge >= 0.3 is 0 Å². The van der Waals surface area contributed by atoms with Gasteiger partial charge in [0, 0.05) is 0 Å². The lowest BCUT2D eigenvalue weighted by Gasteiger charge is -2.48. The number of unbranched alkanes of at least 4 members (excludes halogenated alkanes) is 8. The molecule has 0 heterocycles. The lowest BCUT2D eigenvalue weighted by Crippen LogP contribution is -2.71. The third-order valence-corrected chi connectivity index (χ3v) is 21.6. The van der Waals surface area contributed by atoms with Gasteiger partial charge in [0.1, 0.15) is 0 Å². The van der Waals surface area contributed by atoms with Gasteiger partial charge < -0.3 is 18.3 Å². The van der Waals surface area contributed by atoms with E-state index < -0.39 is 16.8 Å². The van der Waals surface area contributed by atoms with Crippen molar-refractivity contribution in [2.75, 3.05) is 52.4 Å². The van der Waals surface area contributed by atoms with E-state index in [1.807, 2.05) is 12.2 Å². The zero-order valence-electron chi connectivity index (χ0n) is 38.9. The first-order valence-electron chi connectivity index (χ1n) is 23.6. The fourth-order valence-corrected chi connectivity index (χ4v) is 16.7. The summed E-state index contributed by atoms with van der Waals surface area (Å²) in [5, 5.41) is 3.13. The van der Waals surface area contributed by atoms with Crippen LogP contribution in [0.4, 0.5) is 0 Å². The topological polar surface area (TPSA) is 13.0 Å². The molecule has 2 rings (SSSR count). The highest BCUT2D eigenvalue weighted by Crippen LogP contribution is 2.23. The normalized spacial score (nSPS) is 12.1. The van der Waals surface area contributed by atoms with Gasteiger partial charge in [-0.25, -0.2) is 0 Å². The number of nitrogens with zero attached hydrogens (tertiary/aromatic N) is 4. The third kappa shape index (κ3) is 16.8. The molecule has 0 fully saturated rings. The highest BCUT2D eigenvalue weighted by atomic mass is 28.4. The van der Waals surface area contributed by atoms with Crippen molar-refractivity contribution in [1.82, 2.24) is 18.3 Å². The second-order valence-electron chi connectivity index (χ2n) is 16.5. The van der Waals surface area contributed by atoms with Crippen molar-refractivity contribution in [1.29, 1.82) is 0 Å². The van der Waals surface area contributed by atoms with Gasteiger partial charge in [-0.3, -0.25) is 0 Å². The molecule has 0 spiro atoms. The second kappa shape index (κ2) is 31.2. The number of hydrogen-bond donors (Lipinski definition) is 0. The van der Waals surface area contributed by atoms with E-state index >= 15 is 0 Å². The smallest absolute Gasteiger partial charge is 0.236 e. The molecule has 4 nitrogen and oxygen atoms in total. The summed E-state index contributed by atoms with van der Waals surface area (Å²) >= 11 is 0. The van der Waals surface area contributed by atoms with E-state index in [0.29, 0.717) is 0 Å². The largest absolute Gasteiger partial charge is 0.308 e. The van der Waals surface area contributed by atoms with Gasteiger partial charge in [0.25, 0.3) is 0 Å². The average Bonchev–Trinajstić information content (AvgIpc) is 3.23. The Morgan fingerprint density at radius 1 is 0.393 bits per heavy atom. The van der Waals surface area contributed by atoms with Crippen LogP contribution in [0, 0.1) is 0 Å². The minimum Gasteiger partial charge on any atom is -0.308 e. The van der Waals surface area contributed by atoms with E-state index in [0.717, 1.165) is 0 Å². The van der Waals surface area contributed by atoms with Crippen molar-refractivity contribution >= 4 is 39.3 Å². The molecule has 0 N–H and O–H groups in total. The molecule has 0 atom stereocenters. The van der Waals surface area contributed by atoms with Crippen LogP contribution in [0.2, 0.25) is 13.1 Å². The van der Waals surface area contributed by atoms with E-state index in [2.05, 4.69) is 148 Å². The zero-order valence-corrected chi connectivity index (χ0v) is 40.9. The van der Waals surface area contributed by atoms with Gasteiger partial charge in [-0.15, -0.1) is 0 Å². The van der Waals surface area contributed by atoms with E-state index in [-0.39, 0.29) is 0 Å². The molecule has 0 unspecified atom stereocenters. The van der Waals surface area contributed by atoms with Crippen molar-refractivity contribution < 1.29 is 0 Å². The molecular weight excluding hydrogens is 713 g/mol. The van der Waals surface area contributed by atoms with Crippen LogP contribution in [0.25, 0.3) is 12.2 Å². The Kier molecular flexibility index (Phi) is 29.1. The minimum atomic E-state index is -1.96. The molecule has 0 bridgehead atoms. The Hall–Kier alpha value is -1.81. The summed E-state index contributed by atoms with van der Waals surface area (Å²) in [6, 6.07) is 18.6. The van der Waals surface area contributed by atoms with Crippen LogP contribution in [0.1, 0.15) is 169 Å². The fourth-order valence-electron chi connectivity index (χ4n) is 8.01. The van der Waals surface area contributed by atoms with Gasteiger partial charge in [0.05, 0.1) is 0 Å². The molecular formula is C50H92N4Si2. The number of benzene rings is 2. The van der Waals surface area contributed by atoms with Crippen LogP contribution in [0.5, 0.6) is 0 Å². The highest BCUT2D eigenvalue weighted by molar-refractivity contribution is 6.86. The standard InChI is InChI=1S/2C25H46N2Si/c1-7-12-20-26(21-13-8-2)28(6,25-18-16-24(11-5)17-19-25)27(22-14-9-3)23-15-10-4;1-7-12-19-26(20-13-8-2)28(6,25-18-16-17-24(11-5)23-25)27(21-14-9-3)22-15-10-4/h11,16-19H,5,7-10,12-15,20-23H2,1-4,6H3;11,16-18,23H,5,7-10,12-15,19-22H2,1-4,6H3. The van der Waals surface area contributed by atoms with Crippen LogP contribution >= 0.6 is 0 Å². The molecule has 6 heteroatoms. The van der Waals surface area contributed by atoms with E-state index in [1.165, 1.54) is 166 Å². The summed E-state index contributed by atoms with van der Waals surface area (Å²) < 4.78 is 11.6. The van der Waals surface area contributed by atoms with E-state index in [9.17, 15) is 0 Å². The first kappa shape index (κ1) is 52.2. The van der Waals surface area contributed by atoms with E-state index in [1.54, 1.807) is 10.4 Å². The predicted molar refractivity (Wildman–Crippen MR) is 261 cm³/mol. The summed E-state index contributed by atoms with van der Waals surface area (Å²) in [5.74, 6) is 0. The molecule has 2 aromatic carbocycles. The Labute approximate surface area is 352 Å². The highest BCUT2D eigenvalue weighted by Gasteiger charge is 2.43. The van der Waals surface area contributed by atoms with Crippen LogP contribution in [-0.2, 0) is 0 Å². The maximum Gasteiger partial charge on any atom is 0.236 e. The molecule has 0 saturated carbocycles. The average molecular weight is 805 g/mol. The molecule has 56 heavy (non-hydrogen) atoms. The Bertz CT molecular complexity index is 1190. The number of rotatable bonds is 32.